The van der Waals surface area contributed by atoms with Crippen molar-refractivity contribution >= 4 is 5.91 Å². The SMILES string of the molecule is O=C(c1ccn(-c2ccncc2)n1)N1CCCCC12CCCCCC2. The first-order valence-corrected chi connectivity index (χ1v) is 9.57. The molecule has 25 heavy (non-hydrogen) atoms. The van der Waals surface area contributed by atoms with E-state index in [2.05, 4.69) is 15.0 Å². The van der Waals surface area contributed by atoms with E-state index in [1.165, 1.54) is 32.1 Å². The van der Waals surface area contributed by atoms with Gasteiger partial charge < -0.3 is 4.90 Å². The molecule has 0 aromatic carbocycles. The van der Waals surface area contributed by atoms with Gasteiger partial charge in [0.05, 0.1) is 5.69 Å². The molecule has 0 unspecified atom stereocenters. The van der Waals surface area contributed by atoms with Crippen molar-refractivity contribution in [3.63, 3.8) is 0 Å². The van der Waals surface area contributed by atoms with E-state index >= 15 is 0 Å². The maximum Gasteiger partial charge on any atom is 0.274 e. The summed E-state index contributed by atoms with van der Waals surface area (Å²) in [6.07, 6.45) is 16.3. The molecule has 5 nitrogen and oxygen atoms in total. The van der Waals surface area contributed by atoms with Crippen LogP contribution in [0.25, 0.3) is 5.69 Å². The third kappa shape index (κ3) is 3.20. The Labute approximate surface area is 149 Å². The predicted molar refractivity (Wildman–Crippen MR) is 96.7 cm³/mol. The maximum atomic E-state index is 13.3. The van der Waals surface area contributed by atoms with Crippen LogP contribution in [0.1, 0.15) is 68.3 Å². The quantitative estimate of drug-likeness (QED) is 0.832. The van der Waals surface area contributed by atoms with Crippen LogP contribution in [0.5, 0.6) is 0 Å². The third-order valence-electron chi connectivity index (χ3n) is 5.86. The summed E-state index contributed by atoms with van der Waals surface area (Å²) < 4.78 is 1.76. The average Bonchev–Trinajstić information content (AvgIpc) is 3.05. The number of likely N-dealkylation sites (tertiary alicyclic amines) is 1. The van der Waals surface area contributed by atoms with Crippen LogP contribution in [-0.2, 0) is 0 Å². The second-order valence-corrected chi connectivity index (χ2v) is 7.40. The highest BCUT2D eigenvalue weighted by Gasteiger charge is 2.42. The summed E-state index contributed by atoms with van der Waals surface area (Å²) in [4.78, 5) is 19.5. The molecule has 0 N–H and O–H groups in total. The van der Waals surface area contributed by atoms with E-state index in [9.17, 15) is 4.79 Å². The molecule has 2 fully saturated rings. The smallest absolute Gasteiger partial charge is 0.274 e. The molecule has 1 saturated heterocycles. The van der Waals surface area contributed by atoms with Crippen LogP contribution in [-0.4, -0.2) is 37.7 Å². The van der Waals surface area contributed by atoms with Crippen LogP contribution in [0, 0.1) is 0 Å². The summed E-state index contributed by atoms with van der Waals surface area (Å²) in [6.45, 7) is 0.876. The molecular formula is C20H26N4O. The van der Waals surface area contributed by atoms with Crippen molar-refractivity contribution in [1.82, 2.24) is 19.7 Å². The minimum Gasteiger partial charge on any atom is -0.332 e. The third-order valence-corrected chi connectivity index (χ3v) is 5.86. The lowest BCUT2D eigenvalue weighted by Gasteiger charge is -2.47. The maximum absolute atomic E-state index is 13.3. The molecule has 1 aliphatic heterocycles. The van der Waals surface area contributed by atoms with E-state index in [0.29, 0.717) is 5.69 Å². The molecule has 1 amide bonds. The molecule has 0 atom stereocenters. The Balaban J connectivity index is 1.59. The van der Waals surface area contributed by atoms with Gasteiger partial charge in [0.2, 0.25) is 0 Å². The molecule has 5 heteroatoms. The summed E-state index contributed by atoms with van der Waals surface area (Å²) >= 11 is 0. The first-order valence-electron chi connectivity index (χ1n) is 9.57. The topological polar surface area (TPSA) is 51.0 Å². The Morgan fingerprint density at radius 2 is 1.60 bits per heavy atom. The number of piperidine rings is 1. The number of hydrogen-bond donors (Lipinski definition) is 0. The zero-order valence-electron chi connectivity index (χ0n) is 14.7. The number of aromatic nitrogens is 3. The average molecular weight is 338 g/mol. The number of nitrogens with zero attached hydrogens (tertiary/aromatic N) is 4. The summed E-state index contributed by atoms with van der Waals surface area (Å²) in [7, 11) is 0. The van der Waals surface area contributed by atoms with Gasteiger partial charge in [0.15, 0.2) is 5.69 Å². The normalized spacial score (nSPS) is 20.4. The zero-order valence-corrected chi connectivity index (χ0v) is 14.7. The van der Waals surface area contributed by atoms with Crippen molar-refractivity contribution in [3.05, 3.63) is 42.5 Å². The number of hydrogen-bond acceptors (Lipinski definition) is 3. The minimum atomic E-state index is 0.0757. The molecule has 2 aromatic rings. The minimum absolute atomic E-state index is 0.0757. The fourth-order valence-corrected chi connectivity index (χ4v) is 4.54. The van der Waals surface area contributed by atoms with Crippen LogP contribution in [0.2, 0.25) is 0 Å². The van der Waals surface area contributed by atoms with Gasteiger partial charge in [-0.05, 0) is 50.3 Å². The molecule has 2 aromatic heterocycles. The highest BCUT2D eigenvalue weighted by Crippen LogP contribution is 2.40. The number of carbonyl (C=O) groups is 1. The molecule has 1 aliphatic carbocycles. The van der Waals surface area contributed by atoms with E-state index in [-0.39, 0.29) is 11.4 Å². The second-order valence-electron chi connectivity index (χ2n) is 7.40. The lowest BCUT2D eigenvalue weighted by molar-refractivity contribution is 0.0242. The Morgan fingerprint density at radius 1 is 0.920 bits per heavy atom. The van der Waals surface area contributed by atoms with Crippen molar-refractivity contribution in [2.45, 2.75) is 63.3 Å². The van der Waals surface area contributed by atoms with Gasteiger partial charge in [-0.1, -0.05) is 25.7 Å². The first kappa shape index (κ1) is 16.3. The number of rotatable bonds is 2. The fourth-order valence-electron chi connectivity index (χ4n) is 4.54. The molecule has 2 aliphatic rings. The largest absolute Gasteiger partial charge is 0.332 e. The summed E-state index contributed by atoms with van der Waals surface area (Å²) in [5, 5.41) is 4.55. The highest BCUT2D eigenvalue weighted by atomic mass is 16.2. The predicted octanol–water partition coefficient (Wildman–Crippen LogP) is 3.99. The van der Waals surface area contributed by atoms with Crippen molar-refractivity contribution in [3.8, 4) is 5.69 Å². The number of pyridine rings is 1. The van der Waals surface area contributed by atoms with Crippen molar-refractivity contribution < 1.29 is 4.79 Å². The molecule has 132 valence electrons. The van der Waals surface area contributed by atoms with Crippen molar-refractivity contribution in [2.75, 3.05) is 6.54 Å². The van der Waals surface area contributed by atoms with E-state index in [4.69, 9.17) is 0 Å². The summed E-state index contributed by atoms with van der Waals surface area (Å²) in [5.74, 6) is 0.106. The van der Waals surface area contributed by atoms with Crippen LogP contribution in [0.3, 0.4) is 0 Å². The first-order chi connectivity index (χ1) is 12.3. The van der Waals surface area contributed by atoms with Gasteiger partial charge in [0, 0.05) is 30.7 Å². The van der Waals surface area contributed by atoms with Crippen LogP contribution in [0.15, 0.2) is 36.8 Å². The Bertz CT molecular complexity index is 716. The van der Waals surface area contributed by atoms with Crippen molar-refractivity contribution in [2.24, 2.45) is 0 Å². The molecule has 1 saturated carbocycles. The molecule has 1 spiro atoms. The number of carbonyl (C=O) groups excluding carboxylic acids is 1. The Kier molecular flexibility index (Phi) is 4.55. The van der Waals surface area contributed by atoms with Crippen LogP contribution < -0.4 is 0 Å². The Morgan fingerprint density at radius 3 is 2.32 bits per heavy atom. The lowest BCUT2D eigenvalue weighted by atomic mass is 9.80. The van der Waals surface area contributed by atoms with Gasteiger partial charge in [-0.3, -0.25) is 9.78 Å². The van der Waals surface area contributed by atoms with Gasteiger partial charge in [0.1, 0.15) is 0 Å². The zero-order chi connectivity index (χ0) is 17.1. The van der Waals surface area contributed by atoms with E-state index in [1.54, 1.807) is 17.1 Å². The number of amides is 1. The summed E-state index contributed by atoms with van der Waals surface area (Å²) in [5.41, 5.74) is 1.56. The molecular weight excluding hydrogens is 312 g/mol. The van der Waals surface area contributed by atoms with Gasteiger partial charge in [0.25, 0.3) is 5.91 Å². The second kappa shape index (κ2) is 6.98. The van der Waals surface area contributed by atoms with E-state index < -0.39 is 0 Å². The Hall–Kier alpha value is -2.17. The van der Waals surface area contributed by atoms with Gasteiger partial charge in [-0.2, -0.15) is 5.10 Å². The van der Waals surface area contributed by atoms with Gasteiger partial charge in [-0.25, -0.2) is 4.68 Å². The lowest BCUT2D eigenvalue weighted by Crippen LogP contribution is -2.54. The van der Waals surface area contributed by atoms with Crippen LogP contribution in [0.4, 0.5) is 0 Å². The van der Waals surface area contributed by atoms with Crippen molar-refractivity contribution in [1.29, 1.82) is 0 Å². The van der Waals surface area contributed by atoms with Gasteiger partial charge in [-0.15, -0.1) is 0 Å². The fraction of sp³-hybridized carbons (Fsp3) is 0.550. The molecule has 3 heterocycles. The standard InChI is InChI=1S/C20H26N4O/c25-19(18-9-16-24(22-18)17-7-13-21-14-8-17)23-15-6-5-12-20(23)10-3-1-2-4-11-20/h7-9,13-14,16H,1-6,10-12,15H2. The summed E-state index contributed by atoms with van der Waals surface area (Å²) in [6, 6.07) is 5.64. The molecule has 4 rings (SSSR count). The highest BCUT2D eigenvalue weighted by molar-refractivity contribution is 5.93. The van der Waals surface area contributed by atoms with Crippen LogP contribution >= 0.6 is 0 Å². The monoisotopic (exact) mass is 338 g/mol. The van der Waals surface area contributed by atoms with Gasteiger partial charge >= 0.3 is 0 Å². The van der Waals surface area contributed by atoms with E-state index in [1.807, 2.05) is 24.4 Å². The molecule has 0 radical (unpaired) electrons. The molecule has 0 bridgehead atoms. The van der Waals surface area contributed by atoms with E-state index in [0.717, 1.165) is 37.9 Å².